The first kappa shape index (κ1) is 14.0. The average Bonchev–Trinajstić information content (AvgIpc) is 2.14. The van der Waals surface area contributed by atoms with Crippen molar-refractivity contribution in [1.29, 1.82) is 0 Å². The minimum Gasteiger partial charge on any atom is -0.477 e. The van der Waals surface area contributed by atoms with E-state index in [0.29, 0.717) is 10.5 Å². The van der Waals surface area contributed by atoms with Crippen LogP contribution in [0.3, 0.4) is 0 Å². The molecule has 0 aliphatic rings. The van der Waals surface area contributed by atoms with Gasteiger partial charge in [0.25, 0.3) is 0 Å². The van der Waals surface area contributed by atoms with Crippen LogP contribution in [0.25, 0.3) is 0 Å². The van der Waals surface area contributed by atoms with Crippen molar-refractivity contribution in [2.24, 2.45) is 0 Å². The lowest BCUT2D eigenvalue weighted by Gasteiger charge is -2.19. The summed E-state index contributed by atoms with van der Waals surface area (Å²) in [5, 5.41) is 0. The summed E-state index contributed by atoms with van der Waals surface area (Å²) in [5.41, 5.74) is -0.453. The maximum absolute atomic E-state index is 11.4. The molecule has 4 nitrogen and oxygen atoms in total. The van der Waals surface area contributed by atoms with E-state index in [0.717, 1.165) is 0 Å². The molecule has 0 spiro atoms. The number of carbonyl (C=O) groups is 1. The van der Waals surface area contributed by atoms with E-state index in [4.69, 9.17) is 9.47 Å². The molecule has 1 heterocycles. The topological polar surface area (TPSA) is 48.4 Å². The molecule has 0 atom stereocenters. The number of nitrogens with zero attached hydrogens (tertiary/aromatic N) is 1. The standard InChI is InChI=1S/C12H16BrNO3/c1-12(2,3)17-11(15)7-8-16-10-6-4-5-9(13)14-10/h4-6H,7-8H2,1-3H3. The van der Waals surface area contributed by atoms with Gasteiger partial charge in [0.15, 0.2) is 0 Å². The van der Waals surface area contributed by atoms with Crippen molar-refractivity contribution >= 4 is 21.9 Å². The Morgan fingerprint density at radius 3 is 2.71 bits per heavy atom. The van der Waals surface area contributed by atoms with Gasteiger partial charge in [-0.15, -0.1) is 0 Å². The molecule has 5 heteroatoms. The van der Waals surface area contributed by atoms with E-state index < -0.39 is 5.60 Å². The lowest BCUT2D eigenvalue weighted by Crippen LogP contribution is -2.24. The number of ether oxygens (including phenoxy) is 2. The van der Waals surface area contributed by atoms with Gasteiger partial charge in [-0.1, -0.05) is 6.07 Å². The molecule has 0 N–H and O–H groups in total. The fraction of sp³-hybridized carbons (Fsp3) is 0.500. The summed E-state index contributed by atoms with van der Waals surface area (Å²) in [7, 11) is 0. The van der Waals surface area contributed by atoms with Gasteiger partial charge in [0, 0.05) is 6.07 Å². The molecule has 1 rings (SSSR count). The van der Waals surface area contributed by atoms with Gasteiger partial charge in [-0.05, 0) is 42.8 Å². The van der Waals surface area contributed by atoms with Crippen LogP contribution in [0.5, 0.6) is 5.88 Å². The van der Waals surface area contributed by atoms with Crippen LogP contribution in [-0.2, 0) is 9.53 Å². The highest BCUT2D eigenvalue weighted by atomic mass is 79.9. The molecule has 1 aromatic rings. The molecule has 0 radical (unpaired) electrons. The van der Waals surface area contributed by atoms with Crippen molar-refractivity contribution in [1.82, 2.24) is 4.98 Å². The molecule has 0 aromatic carbocycles. The van der Waals surface area contributed by atoms with Gasteiger partial charge in [0.05, 0.1) is 6.42 Å². The molecule has 0 aliphatic carbocycles. The van der Waals surface area contributed by atoms with Crippen molar-refractivity contribution in [3.8, 4) is 5.88 Å². The molecule has 17 heavy (non-hydrogen) atoms. The lowest BCUT2D eigenvalue weighted by atomic mass is 10.2. The molecule has 0 aliphatic heterocycles. The van der Waals surface area contributed by atoms with Gasteiger partial charge in [-0.25, -0.2) is 4.98 Å². The van der Waals surface area contributed by atoms with Gasteiger partial charge in [0.2, 0.25) is 5.88 Å². The predicted molar refractivity (Wildman–Crippen MR) is 67.9 cm³/mol. The van der Waals surface area contributed by atoms with Gasteiger partial charge >= 0.3 is 5.97 Å². The van der Waals surface area contributed by atoms with Crippen LogP contribution in [0, 0.1) is 0 Å². The highest BCUT2D eigenvalue weighted by Crippen LogP contribution is 2.13. The Balaban J connectivity index is 2.31. The maximum atomic E-state index is 11.4. The monoisotopic (exact) mass is 301 g/mol. The zero-order valence-corrected chi connectivity index (χ0v) is 11.8. The van der Waals surface area contributed by atoms with Gasteiger partial charge in [-0.3, -0.25) is 4.79 Å². The van der Waals surface area contributed by atoms with Crippen LogP contribution in [0.4, 0.5) is 0 Å². The van der Waals surface area contributed by atoms with Crippen molar-refractivity contribution < 1.29 is 14.3 Å². The van der Waals surface area contributed by atoms with Crippen LogP contribution in [0.15, 0.2) is 22.8 Å². The fourth-order valence-corrected chi connectivity index (χ4v) is 1.43. The van der Waals surface area contributed by atoms with Crippen LogP contribution in [0.2, 0.25) is 0 Å². The van der Waals surface area contributed by atoms with Crippen LogP contribution in [-0.4, -0.2) is 23.2 Å². The molecule has 1 aromatic heterocycles. The third-order valence-corrected chi connectivity index (χ3v) is 2.11. The van der Waals surface area contributed by atoms with E-state index in [-0.39, 0.29) is 19.0 Å². The largest absolute Gasteiger partial charge is 0.477 e. The zero-order valence-electron chi connectivity index (χ0n) is 10.2. The maximum Gasteiger partial charge on any atom is 0.309 e. The van der Waals surface area contributed by atoms with Crippen LogP contribution >= 0.6 is 15.9 Å². The number of aromatic nitrogens is 1. The van der Waals surface area contributed by atoms with Crippen molar-refractivity contribution in [2.45, 2.75) is 32.8 Å². The van der Waals surface area contributed by atoms with Crippen LogP contribution < -0.4 is 4.74 Å². The second kappa shape index (κ2) is 6.00. The summed E-state index contributed by atoms with van der Waals surface area (Å²) in [6.45, 7) is 5.77. The minimum absolute atomic E-state index is 0.214. The van der Waals surface area contributed by atoms with E-state index in [1.165, 1.54) is 0 Å². The van der Waals surface area contributed by atoms with Crippen molar-refractivity contribution in [3.63, 3.8) is 0 Å². The minimum atomic E-state index is -0.453. The number of halogens is 1. The molecular formula is C12H16BrNO3. The Morgan fingerprint density at radius 1 is 1.41 bits per heavy atom. The normalized spacial score (nSPS) is 11.1. The third kappa shape index (κ3) is 6.26. The Hall–Kier alpha value is -1.10. The summed E-state index contributed by atoms with van der Waals surface area (Å²) in [6.07, 6.45) is 0.214. The summed E-state index contributed by atoms with van der Waals surface area (Å²) >= 11 is 3.24. The first-order valence-electron chi connectivity index (χ1n) is 5.34. The number of rotatable bonds is 4. The van der Waals surface area contributed by atoms with E-state index in [1.807, 2.05) is 26.8 Å². The van der Waals surface area contributed by atoms with E-state index in [2.05, 4.69) is 20.9 Å². The predicted octanol–water partition coefficient (Wildman–Crippen LogP) is 2.95. The molecule has 0 unspecified atom stereocenters. The number of pyridine rings is 1. The molecule has 0 saturated carbocycles. The average molecular weight is 302 g/mol. The van der Waals surface area contributed by atoms with E-state index in [9.17, 15) is 4.79 Å². The Labute approximate surface area is 109 Å². The zero-order chi connectivity index (χ0) is 12.9. The second-order valence-electron chi connectivity index (χ2n) is 4.48. The number of esters is 1. The van der Waals surface area contributed by atoms with Gasteiger partial charge in [-0.2, -0.15) is 0 Å². The summed E-state index contributed by atoms with van der Waals surface area (Å²) in [6, 6.07) is 5.36. The van der Waals surface area contributed by atoms with Gasteiger partial charge in [0.1, 0.15) is 16.8 Å². The molecule has 0 fully saturated rings. The lowest BCUT2D eigenvalue weighted by molar-refractivity contribution is -0.155. The fourth-order valence-electron chi connectivity index (χ4n) is 1.10. The Morgan fingerprint density at radius 2 is 2.12 bits per heavy atom. The van der Waals surface area contributed by atoms with Crippen LogP contribution in [0.1, 0.15) is 27.2 Å². The number of carbonyl (C=O) groups excluding carboxylic acids is 1. The molecule has 94 valence electrons. The smallest absolute Gasteiger partial charge is 0.309 e. The first-order chi connectivity index (χ1) is 7.87. The van der Waals surface area contributed by atoms with E-state index in [1.54, 1.807) is 12.1 Å². The van der Waals surface area contributed by atoms with Gasteiger partial charge < -0.3 is 9.47 Å². The Kier molecular flexibility index (Phi) is 4.93. The summed E-state index contributed by atoms with van der Waals surface area (Å²) in [4.78, 5) is 15.5. The van der Waals surface area contributed by atoms with Crippen molar-refractivity contribution in [3.05, 3.63) is 22.8 Å². The Bertz CT molecular complexity index is 388. The molecule has 0 amide bonds. The number of hydrogen-bond acceptors (Lipinski definition) is 4. The SMILES string of the molecule is CC(C)(C)OC(=O)CCOc1cccc(Br)n1. The highest BCUT2D eigenvalue weighted by Gasteiger charge is 2.15. The third-order valence-electron chi connectivity index (χ3n) is 1.67. The quantitative estimate of drug-likeness (QED) is 0.634. The molecule has 0 bridgehead atoms. The van der Waals surface area contributed by atoms with E-state index >= 15 is 0 Å². The second-order valence-corrected chi connectivity index (χ2v) is 5.30. The summed E-state index contributed by atoms with van der Waals surface area (Å²) < 4.78 is 11.2. The number of hydrogen-bond donors (Lipinski definition) is 0. The molecular weight excluding hydrogens is 286 g/mol. The molecule has 0 saturated heterocycles. The summed E-state index contributed by atoms with van der Waals surface area (Å²) in [5.74, 6) is 0.218. The highest BCUT2D eigenvalue weighted by molar-refractivity contribution is 9.10. The van der Waals surface area contributed by atoms with Crippen molar-refractivity contribution in [2.75, 3.05) is 6.61 Å². The first-order valence-corrected chi connectivity index (χ1v) is 6.13.